The minimum absolute atomic E-state index is 0.231. The average molecular weight is 289 g/mol. The van der Waals surface area contributed by atoms with Crippen LogP contribution in [0.1, 0.15) is 52.0 Å². The van der Waals surface area contributed by atoms with Gasteiger partial charge < -0.3 is 5.11 Å². The van der Waals surface area contributed by atoms with Gasteiger partial charge in [0.25, 0.3) is 0 Å². The van der Waals surface area contributed by atoms with Crippen molar-refractivity contribution in [1.29, 1.82) is 5.26 Å². The first-order chi connectivity index (χ1) is 9.84. The van der Waals surface area contributed by atoms with Crippen molar-refractivity contribution in [2.75, 3.05) is 0 Å². The third-order valence-corrected chi connectivity index (χ3v) is 5.37. The number of hydrogen-bond acceptors (Lipinski definition) is 2. The molecule has 1 aliphatic carbocycles. The van der Waals surface area contributed by atoms with Crippen molar-refractivity contribution in [3.63, 3.8) is 0 Å². The Morgan fingerprint density at radius 2 is 1.90 bits per heavy atom. The molecule has 0 aliphatic heterocycles. The van der Waals surface area contributed by atoms with E-state index in [9.17, 15) is 14.8 Å². The molecule has 114 valence electrons. The molecular weight excluding hydrogens is 265 g/mol. The first-order valence-corrected chi connectivity index (χ1v) is 7.73. The van der Waals surface area contributed by atoms with E-state index < -0.39 is 16.8 Å². The van der Waals surface area contributed by atoms with E-state index in [1.54, 1.807) is 25.1 Å². The number of rotatable bonds is 3. The van der Waals surface area contributed by atoms with Crippen molar-refractivity contribution in [3.8, 4) is 6.07 Å². The van der Waals surface area contributed by atoms with Crippen LogP contribution in [0.25, 0.3) is 0 Å². The summed E-state index contributed by atoms with van der Waals surface area (Å²) in [6, 6.07) is 8.56. The molecule has 0 radical (unpaired) electrons. The van der Waals surface area contributed by atoms with Crippen LogP contribution in [0, 0.1) is 34.4 Å². The number of halogens is 1. The number of benzene rings is 1. The van der Waals surface area contributed by atoms with Crippen LogP contribution in [0.4, 0.5) is 4.39 Å². The van der Waals surface area contributed by atoms with Gasteiger partial charge in [-0.25, -0.2) is 4.39 Å². The van der Waals surface area contributed by atoms with Crippen LogP contribution in [0.15, 0.2) is 24.3 Å². The molecule has 2 rings (SSSR count). The molecule has 0 amide bonds. The average Bonchev–Trinajstić information content (AvgIpc) is 2.47. The van der Waals surface area contributed by atoms with Crippen molar-refractivity contribution in [1.82, 2.24) is 0 Å². The fourth-order valence-electron chi connectivity index (χ4n) is 3.62. The van der Waals surface area contributed by atoms with E-state index >= 15 is 0 Å². The second-order valence-electron chi connectivity index (χ2n) is 6.83. The highest BCUT2D eigenvalue weighted by atomic mass is 19.1. The van der Waals surface area contributed by atoms with Gasteiger partial charge >= 0.3 is 0 Å². The van der Waals surface area contributed by atoms with Gasteiger partial charge in [0.05, 0.1) is 11.5 Å². The third-order valence-electron chi connectivity index (χ3n) is 5.37. The van der Waals surface area contributed by atoms with Crippen LogP contribution < -0.4 is 0 Å². The molecule has 0 saturated heterocycles. The van der Waals surface area contributed by atoms with E-state index in [2.05, 4.69) is 19.9 Å². The lowest BCUT2D eigenvalue weighted by atomic mass is 9.59. The largest absolute Gasteiger partial charge is 0.384 e. The van der Waals surface area contributed by atoms with Crippen LogP contribution in [0.5, 0.6) is 0 Å². The molecule has 1 aromatic rings. The smallest absolute Gasteiger partial charge is 0.129 e. The standard InChI is InChI=1S/C18H24FNO/c1-13(2)14-8-10-18(12-20,11-9-14)17(3,21)15-6-4-5-7-16(15)19/h4-7,13-14,21H,8-11H2,1-3H3. The van der Waals surface area contributed by atoms with Gasteiger partial charge in [-0.05, 0) is 50.5 Å². The lowest BCUT2D eigenvalue weighted by molar-refractivity contribution is -0.0744. The SMILES string of the molecule is CC(C)C1CCC(C#N)(C(C)(O)c2ccccc2F)CC1. The molecule has 1 aromatic carbocycles. The molecule has 1 unspecified atom stereocenters. The van der Waals surface area contributed by atoms with Gasteiger partial charge in [-0.1, -0.05) is 32.0 Å². The topological polar surface area (TPSA) is 44.0 Å². The van der Waals surface area contributed by atoms with Crippen LogP contribution in [-0.4, -0.2) is 5.11 Å². The number of nitrogens with zero attached hydrogens (tertiary/aromatic N) is 1. The lowest BCUT2D eigenvalue weighted by Crippen LogP contribution is -2.46. The molecule has 0 aromatic heterocycles. The number of hydrogen-bond donors (Lipinski definition) is 1. The molecule has 0 spiro atoms. The maximum absolute atomic E-state index is 14.1. The molecule has 1 aliphatic rings. The summed E-state index contributed by atoms with van der Waals surface area (Å²) in [4.78, 5) is 0. The third kappa shape index (κ3) is 2.70. The molecule has 2 nitrogen and oxygen atoms in total. The Morgan fingerprint density at radius 3 is 2.38 bits per heavy atom. The molecule has 21 heavy (non-hydrogen) atoms. The Labute approximate surface area is 126 Å². The Morgan fingerprint density at radius 1 is 1.33 bits per heavy atom. The van der Waals surface area contributed by atoms with Crippen molar-refractivity contribution in [2.24, 2.45) is 17.3 Å². The minimum Gasteiger partial charge on any atom is -0.384 e. The zero-order valence-corrected chi connectivity index (χ0v) is 13.1. The van der Waals surface area contributed by atoms with E-state index in [-0.39, 0.29) is 5.56 Å². The molecular formula is C18H24FNO. The summed E-state index contributed by atoms with van der Waals surface area (Å²) in [5.41, 5.74) is -2.13. The molecule has 3 heteroatoms. The second-order valence-corrected chi connectivity index (χ2v) is 6.83. The Kier molecular flexibility index (Phi) is 4.39. The Bertz CT molecular complexity index is 536. The Balaban J connectivity index is 2.34. The van der Waals surface area contributed by atoms with Crippen molar-refractivity contribution in [3.05, 3.63) is 35.6 Å². The zero-order valence-electron chi connectivity index (χ0n) is 13.1. The molecule has 0 heterocycles. The van der Waals surface area contributed by atoms with Crippen LogP contribution >= 0.6 is 0 Å². The number of aliphatic hydroxyl groups is 1. The summed E-state index contributed by atoms with van der Waals surface area (Å²) in [5, 5.41) is 20.7. The van der Waals surface area contributed by atoms with E-state index in [1.165, 1.54) is 6.07 Å². The highest BCUT2D eigenvalue weighted by Crippen LogP contribution is 2.52. The van der Waals surface area contributed by atoms with Gasteiger partial charge in [-0.2, -0.15) is 5.26 Å². The molecule has 1 fully saturated rings. The fraction of sp³-hybridized carbons (Fsp3) is 0.611. The zero-order chi connectivity index (χ0) is 15.7. The van der Waals surface area contributed by atoms with E-state index in [0.29, 0.717) is 24.7 Å². The highest BCUT2D eigenvalue weighted by Gasteiger charge is 2.51. The molecule has 1 atom stereocenters. The predicted molar refractivity (Wildman–Crippen MR) is 80.8 cm³/mol. The van der Waals surface area contributed by atoms with Gasteiger partial charge in [0.2, 0.25) is 0 Å². The summed E-state index contributed by atoms with van der Waals surface area (Å²) < 4.78 is 14.1. The van der Waals surface area contributed by atoms with Gasteiger partial charge in [-0.15, -0.1) is 0 Å². The molecule has 1 saturated carbocycles. The lowest BCUT2D eigenvalue weighted by Gasteiger charge is -2.45. The summed E-state index contributed by atoms with van der Waals surface area (Å²) in [7, 11) is 0. The predicted octanol–water partition coefficient (Wildman–Crippen LogP) is 4.39. The Hall–Kier alpha value is -1.40. The maximum Gasteiger partial charge on any atom is 0.129 e. The van der Waals surface area contributed by atoms with Gasteiger partial charge in [0.15, 0.2) is 0 Å². The van der Waals surface area contributed by atoms with E-state index in [0.717, 1.165) is 12.8 Å². The molecule has 1 N–H and O–H groups in total. The van der Waals surface area contributed by atoms with Crippen molar-refractivity contribution < 1.29 is 9.50 Å². The highest BCUT2D eigenvalue weighted by molar-refractivity contribution is 5.30. The van der Waals surface area contributed by atoms with Crippen LogP contribution in [0.3, 0.4) is 0 Å². The number of nitriles is 1. The minimum atomic E-state index is -1.46. The van der Waals surface area contributed by atoms with E-state index in [1.807, 2.05) is 0 Å². The van der Waals surface area contributed by atoms with Crippen molar-refractivity contribution in [2.45, 2.75) is 52.1 Å². The first kappa shape index (κ1) is 16.0. The van der Waals surface area contributed by atoms with Crippen molar-refractivity contribution >= 4 is 0 Å². The van der Waals surface area contributed by atoms with Gasteiger partial charge in [0.1, 0.15) is 11.4 Å². The first-order valence-electron chi connectivity index (χ1n) is 7.73. The summed E-state index contributed by atoms with van der Waals surface area (Å²) >= 11 is 0. The second kappa shape index (κ2) is 5.77. The van der Waals surface area contributed by atoms with Gasteiger partial charge in [0, 0.05) is 5.56 Å². The quantitative estimate of drug-likeness (QED) is 0.897. The fourth-order valence-corrected chi connectivity index (χ4v) is 3.62. The maximum atomic E-state index is 14.1. The monoisotopic (exact) mass is 289 g/mol. The van der Waals surface area contributed by atoms with Crippen LogP contribution in [-0.2, 0) is 5.60 Å². The normalized spacial score (nSPS) is 28.9. The van der Waals surface area contributed by atoms with Gasteiger partial charge in [-0.3, -0.25) is 0 Å². The summed E-state index contributed by atoms with van der Waals surface area (Å²) in [5.74, 6) is 0.728. The van der Waals surface area contributed by atoms with E-state index in [4.69, 9.17) is 0 Å². The molecule has 0 bridgehead atoms. The van der Waals surface area contributed by atoms with Crippen LogP contribution in [0.2, 0.25) is 0 Å². The summed E-state index contributed by atoms with van der Waals surface area (Å²) in [6.45, 7) is 5.97. The summed E-state index contributed by atoms with van der Waals surface area (Å²) in [6.07, 6.45) is 3.06.